The van der Waals surface area contributed by atoms with Gasteiger partial charge in [-0.25, -0.2) is 14.4 Å². The topological polar surface area (TPSA) is 52.8 Å². The molecular weight excluding hydrogens is 463 g/mol. The molecule has 3 aromatic heterocycles. The van der Waals surface area contributed by atoms with Gasteiger partial charge in [0.25, 0.3) is 0 Å². The van der Waals surface area contributed by atoms with Crippen LogP contribution >= 0.6 is 0 Å². The minimum atomic E-state index is -0.257. The molecule has 0 aliphatic rings. The zero-order chi connectivity index (χ0) is 25.2. The minimum absolute atomic E-state index is 0.257. The Morgan fingerprint density at radius 2 is 1.76 bits per heavy atom. The third kappa shape index (κ3) is 4.82. The van der Waals surface area contributed by atoms with Crippen LogP contribution in [0.2, 0.25) is 0 Å². The Morgan fingerprint density at radius 1 is 0.865 bits per heavy atom. The first kappa shape index (κ1) is 22.6. The molecule has 0 fully saturated rings. The Morgan fingerprint density at radius 3 is 2.65 bits per heavy atom. The van der Waals surface area contributed by atoms with Gasteiger partial charge in [-0.2, -0.15) is 0 Å². The number of hydrogen-bond acceptors (Lipinski definition) is 4. The van der Waals surface area contributed by atoms with E-state index in [0.29, 0.717) is 6.61 Å². The summed E-state index contributed by atoms with van der Waals surface area (Å²) in [5.41, 5.74) is 6.63. The monoisotopic (exact) mass is 486 g/mol. The van der Waals surface area contributed by atoms with Crippen molar-refractivity contribution in [3.63, 3.8) is 0 Å². The van der Waals surface area contributed by atoms with Crippen molar-refractivity contribution < 1.29 is 9.13 Å². The lowest BCUT2D eigenvalue weighted by Crippen LogP contribution is -1.98. The second-order valence-electron chi connectivity index (χ2n) is 8.79. The molecular formula is C31H23FN4O. The molecule has 0 unspecified atom stereocenters. The number of imidazole rings is 1. The Hall–Kier alpha value is -4.84. The number of aromatic nitrogens is 4. The number of benzene rings is 3. The molecule has 0 aliphatic carbocycles. The van der Waals surface area contributed by atoms with Gasteiger partial charge in [-0.1, -0.05) is 30.3 Å². The van der Waals surface area contributed by atoms with Crippen LogP contribution in [-0.2, 0) is 6.61 Å². The summed E-state index contributed by atoms with van der Waals surface area (Å²) in [4.78, 5) is 13.3. The fraction of sp³-hybridized carbons (Fsp3) is 0.0645. The largest absolute Gasteiger partial charge is 0.489 e. The van der Waals surface area contributed by atoms with Crippen molar-refractivity contribution in [2.45, 2.75) is 13.5 Å². The molecule has 6 heteroatoms. The number of ether oxygens (including phenoxy) is 1. The van der Waals surface area contributed by atoms with Crippen molar-refractivity contribution in [1.82, 2.24) is 19.5 Å². The predicted octanol–water partition coefficient (Wildman–Crippen LogP) is 7.17. The van der Waals surface area contributed by atoms with Gasteiger partial charge in [0.2, 0.25) is 0 Å². The standard InChI is InChI=1S/C31H23FN4O/c1-21-34-30-19-33-16-15-31(30)36(21)27-10-12-28(13-11-27)37-20-23-4-2-3-22(17-23)5-8-26-9-6-24-18-25(32)7-14-29(24)35-26/h2-19H,20H2,1H3/b8-5+. The van der Waals surface area contributed by atoms with Crippen molar-refractivity contribution in [3.8, 4) is 11.4 Å². The zero-order valence-corrected chi connectivity index (χ0v) is 20.2. The van der Waals surface area contributed by atoms with Gasteiger partial charge in [-0.15, -0.1) is 0 Å². The first-order valence-electron chi connectivity index (χ1n) is 12.0. The fourth-order valence-electron chi connectivity index (χ4n) is 4.41. The highest BCUT2D eigenvalue weighted by Gasteiger charge is 2.09. The lowest BCUT2D eigenvalue weighted by molar-refractivity contribution is 0.306. The van der Waals surface area contributed by atoms with Gasteiger partial charge in [0.1, 0.15) is 29.5 Å². The zero-order valence-electron chi connectivity index (χ0n) is 20.2. The van der Waals surface area contributed by atoms with Crippen LogP contribution in [0.4, 0.5) is 4.39 Å². The van der Waals surface area contributed by atoms with Crippen LogP contribution in [-0.4, -0.2) is 19.5 Å². The smallest absolute Gasteiger partial charge is 0.123 e. The molecule has 5 nitrogen and oxygen atoms in total. The quantitative estimate of drug-likeness (QED) is 0.251. The Balaban J connectivity index is 1.14. The molecule has 3 heterocycles. The van der Waals surface area contributed by atoms with E-state index >= 15 is 0 Å². The summed E-state index contributed by atoms with van der Waals surface area (Å²) in [7, 11) is 0. The van der Waals surface area contributed by atoms with E-state index in [4.69, 9.17) is 4.74 Å². The van der Waals surface area contributed by atoms with E-state index in [-0.39, 0.29) is 5.82 Å². The summed E-state index contributed by atoms with van der Waals surface area (Å²) in [6, 6.07) is 26.6. The molecule has 3 aromatic carbocycles. The van der Waals surface area contributed by atoms with Crippen LogP contribution in [0, 0.1) is 12.7 Å². The van der Waals surface area contributed by atoms with Crippen LogP contribution in [0.15, 0.2) is 97.3 Å². The highest BCUT2D eigenvalue weighted by molar-refractivity contribution is 5.81. The van der Waals surface area contributed by atoms with Gasteiger partial charge >= 0.3 is 0 Å². The summed E-state index contributed by atoms with van der Waals surface area (Å²) in [6.45, 7) is 2.45. The number of rotatable bonds is 6. The lowest BCUT2D eigenvalue weighted by atomic mass is 10.1. The average Bonchev–Trinajstić information content (AvgIpc) is 3.27. The average molecular weight is 487 g/mol. The SMILES string of the molecule is Cc1nc2cnccc2n1-c1ccc(OCc2cccc(/C=C/c3ccc4cc(F)ccc4n3)c2)cc1. The van der Waals surface area contributed by atoms with E-state index in [0.717, 1.165) is 56.0 Å². The maximum absolute atomic E-state index is 13.4. The molecule has 0 aliphatic heterocycles. The van der Waals surface area contributed by atoms with E-state index in [1.54, 1.807) is 18.5 Å². The van der Waals surface area contributed by atoms with Crippen LogP contribution in [0.3, 0.4) is 0 Å². The summed E-state index contributed by atoms with van der Waals surface area (Å²) in [5.74, 6) is 1.45. The minimum Gasteiger partial charge on any atom is -0.489 e. The normalized spacial score (nSPS) is 11.5. The fourth-order valence-corrected chi connectivity index (χ4v) is 4.41. The second-order valence-corrected chi connectivity index (χ2v) is 8.79. The summed E-state index contributed by atoms with van der Waals surface area (Å²) >= 11 is 0. The van der Waals surface area contributed by atoms with Crippen molar-refractivity contribution >= 4 is 34.1 Å². The molecule has 0 spiro atoms. The van der Waals surface area contributed by atoms with Gasteiger partial charge in [0, 0.05) is 17.3 Å². The van der Waals surface area contributed by atoms with E-state index in [9.17, 15) is 4.39 Å². The van der Waals surface area contributed by atoms with Gasteiger partial charge in [-0.3, -0.25) is 9.55 Å². The van der Waals surface area contributed by atoms with Crippen molar-refractivity contribution in [2.75, 3.05) is 0 Å². The third-order valence-electron chi connectivity index (χ3n) is 6.20. The molecule has 0 atom stereocenters. The molecule has 0 bridgehead atoms. The molecule has 0 radical (unpaired) electrons. The Kier molecular flexibility index (Phi) is 5.91. The van der Waals surface area contributed by atoms with Crippen LogP contribution in [0.5, 0.6) is 5.75 Å². The highest BCUT2D eigenvalue weighted by atomic mass is 19.1. The Bertz CT molecular complexity index is 1760. The molecule has 6 aromatic rings. The van der Waals surface area contributed by atoms with Gasteiger partial charge < -0.3 is 4.74 Å². The van der Waals surface area contributed by atoms with Crippen LogP contribution in [0.25, 0.3) is 39.8 Å². The number of hydrogen-bond donors (Lipinski definition) is 0. The molecule has 0 saturated carbocycles. The number of aryl methyl sites for hydroxylation is 1. The van der Waals surface area contributed by atoms with E-state index in [1.165, 1.54) is 12.1 Å². The van der Waals surface area contributed by atoms with Gasteiger partial charge in [0.15, 0.2) is 0 Å². The lowest BCUT2D eigenvalue weighted by Gasteiger charge is -2.10. The molecule has 37 heavy (non-hydrogen) atoms. The molecule has 0 saturated heterocycles. The number of nitrogens with zero attached hydrogens (tertiary/aromatic N) is 4. The van der Waals surface area contributed by atoms with Gasteiger partial charge in [0.05, 0.1) is 22.9 Å². The van der Waals surface area contributed by atoms with Crippen LogP contribution in [0.1, 0.15) is 22.6 Å². The van der Waals surface area contributed by atoms with Gasteiger partial charge in [-0.05, 0) is 84.8 Å². The summed E-state index contributed by atoms with van der Waals surface area (Å²) < 4.78 is 21.6. The van der Waals surface area contributed by atoms with Crippen molar-refractivity contribution in [3.05, 3.63) is 126 Å². The molecule has 180 valence electrons. The first-order valence-corrected chi connectivity index (χ1v) is 12.0. The predicted molar refractivity (Wildman–Crippen MR) is 145 cm³/mol. The first-order chi connectivity index (χ1) is 18.1. The summed E-state index contributed by atoms with van der Waals surface area (Å²) in [6.07, 6.45) is 7.53. The Labute approximate surface area is 213 Å². The third-order valence-corrected chi connectivity index (χ3v) is 6.20. The van der Waals surface area contributed by atoms with E-state index in [2.05, 4.69) is 25.6 Å². The number of halogens is 1. The van der Waals surface area contributed by atoms with E-state index < -0.39 is 0 Å². The van der Waals surface area contributed by atoms with E-state index in [1.807, 2.05) is 79.7 Å². The maximum Gasteiger partial charge on any atom is 0.123 e. The highest BCUT2D eigenvalue weighted by Crippen LogP contribution is 2.23. The number of pyridine rings is 2. The molecule has 0 N–H and O–H groups in total. The van der Waals surface area contributed by atoms with Crippen molar-refractivity contribution in [2.24, 2.45) is 0 Å². The molecule has 6 rings (SSSR count). The second kappa shape index (κ2) is 9.66. The van der Waals surface area contributed by atoms with Crippen molar-refractivity contribution in [1.29, 1.82) is 0 Å². The maximum atomic E-state index is 13.4. The number of fused-ring (bicyclic) bond motifs is 2. The summed E-state index contributed by atoms with van der Waals surface area (Å²) in [5, 5.41) is 0.787. The van der Waals surface area contributed by atoms with Crippen LogP contribution < -0.4 is 4.74 Å². The molecule has 0 amide bonds.